The third-order valence-electron chi connectivity index (χ3n) is 5.08. The number of nitrogens with zero attached hydrogens (tertiary/aromatic N) is 1. The number of hydrogen-bond acceptors (Lipinski definition) is 1. The van der Waals surface area contributed by atoms with Crippen molar-refractivity contribution in [1.29, 1.82) is 0 Å². The summed E-state index contributed by atoms with van der Waals surface area (Å²) in [5, 5.41) is 0. The predicted molar refractivity (Wildman–Crippen MR) is 98.8 cm³/mol. The standard InChI is InChI=1S/C21H29NO/c1-4-6-7-8-17-9-11-18(12-10-17)19-13-15-20(16-14-19)22(3)21(23)5-2/h4-6,13-18H,2,7-12H2,1,3H3/b6-4+. The van der Waals surface area contributed by atoms with Gasteiger partial charge in [0, 0.05) is 12.7 Å². The van der Waals surface area contributed by atoms with Crippen molar-refractivity contribution < 1.29 is 4.79 Å². The first-order valence-electron chi connectivity index (χ1n) is 8.77. The van der Waals surface area contributed by atoms with Crippen molar-refractivity contribution in [3.05, 3.63) is 54.6 Å². The second kappa shape index (κ2) is 8.71. The van der Waals surface area contributed by atoms with Gasteiger partial charge in [0.1, 0.15) is 0 Å². The van der Waals surface area contributed by atoms with Crippen LogP contribution in [0, 0.1) is 5.92 Å². The van der Waals surface area contributed by atoms with Gasteiger partial charge in [-0.3, -0.25) is 4.79 Å². The Morgan fingerprint density at radius 2 is 1.87 bits per heavy atom. The first-order chi connectivity index (χ1) is 11.2. The number of carbonyl (C=O) groups excluding carboxylic acids is 1. The molecule has 0 N–H and O–H groups in total. The van der Waals surface area contributed by atoms with E-state index < -0.39 is 0 Å². The molecule has 0 atom stereocenters. The van der Waals surface area contributed by atoms with Crippen LogP contribution in [0.2, 0.25) is 0 Å². The summed E-state index contributed by atoms with van der Waals surface area (Å²) in [5.74, 6) is 1.51. The number of hydrogen-bond donors (Lipinski definition) is 0. The summed E-state index contributed by atoms with van der Waals surface area (Å²) in [6, 6.07) is 8.48. The van der Waals surface area contributed by atoms with Gasteiger partial charge in [0.25, 0.3) is 0 Å². The Morgan fingerprint density at radius 3 is 2.43 bits per heavy atom. The number of anilines is 1. The van der Waals surface area contributed by atoms with Crippen LogP contribution in [0.15, 0.2) is 49.1 Å². The molecule has 23 heavy (non-hydrogen) atoms. The van der Waals surface area contributed by atoms with Crippen molar-refractivity contribution in [2.45, 2.75) is 51.4 Å². The van der Waals surface area contributed by atoms with E-state index in [-0.39, 0.29) is 5.91 Å². The number of carbonyl (C=O) groups is 1. The number of allylic oxidation sites excluding steroid dienone is 2. The summed E-state index contributed by atoms with van der Waals surface area (Å²) in [5.41, 5.74) is 2.35. The van der Waals surface area contributed by atoms with E-state index in [4.69, 9.17) is 0 Å². The molecule has 1 aliphatic rings. The van der Waals surface area contributed by atoms with Crippen molar-refractivity contribution in [1.82, 2.24) is 0 Å². The molecule has 0 heterocycles. The van der Waals surface area contributed by atoms with Crippen LogP contribution >= 0.6 is 0 Å². The summed E-state index contributed by atoms with van der Waals surface area (Å²) < 4.78 is 0. The lowest BCUT2D eigenvalue weighted by Crippen LogP contribution is -2.23. The molecule has 2 heteroatoms. The van der Waals surface area contributed by atoms with Crippen LogP contribution < -0.4 is 4.90 Å². The molecule has 0 spiro atoms. The lowest BCUT2D eigenvalue weighted by Gasteiger charge is -2.29. The van der Waals surface area contributed by atoms with Crippen molar-refractivity contribution in [2.24, 2.45) is 5.92 Å². The molecule has 0 aliphatic heterocycles. The lowest BCUT2D eigenvalue weighted by molar-refractivity contribution is -0.113. The molecule has 0 bridgehead atoms. The zero-order valence-corrected chi connectivity index (χ0v) is 14.5. The quantitative estimate of drug-likeness (QED) is 0.504. The average molecular weight is 311 g/mol. The molecule has 0 radical (unpaired) electrons. The summed E-state index contributed by atoms with van der Waals surface area (Å²) in [4.78, 5) is 13.3. The number of rotatable bonds is 6. The molecular weight excluding hydrogens is 282 g/mol. The Balaban J connectivity index is 1.89. The fourth-order valence-corrected chi connectivity index (χ4v) is 3.52. The molecule has 0 aromatic heterocycles. The van der Waals surface area contributed by atoms with Gasteiger partial charge in [-0.25, -0.2) is 0 Å². The van der Waals surface area contributed by atoms with Crippen molar-refractivity contribution in [3.63, 3.8) is 0 Å². The molecule has 0 unspecified atom stereocenters. The highest BCUT2D eigenvalue weighted by Crippen LogP contribution is 2.37. The maximum atomic E-state index is 11.6. The average Bonchev–Trinajstić information content (AvgIpc) is 2.61. The van der Waals surface area contributed by atoms with E-state index in [1.807, 2.05) is 0 Å². The molecule has 2 nitrogen and oxygen atoms in total. The molecular formula is C21H29NO. The molecule has 1 aliphatic carbocycles. The number of benzene rings is 1. The maximum Gasteiger partial charge on any atom is 0.250 e. The van der Waals surface area contributed by atoms with Crippen LogP contribution in [-0.4, -0.2) is 13.0 Å². The highest BCUT2D eigenvalue weighted by molar-refractivity contribution is 6.00. The van der Waals surface area contributed by atoms with E-state index in [1.54, 1.807) is 11.9 Å². The first kappa shape index (κ1) is 17.5. The van der Waals surface area contributed by atoms with Crippen molar-refractivity contribution in [3.8, 4) is 0 Å². The van der Waals surface area contributed by atoms with Crippen molar-refractivity contribution in [2.75, 3.05) is 11.9 Å². The first-order valence-corrected chi connectivity index (χ1v) is 8.77. The Kier molecular flexibility index (Phi) is 6.64. The number of amides is 1. The van der Waals surface area contributed by atoms with E-state index in [2.05, 4.69) is 49.9 Å². The molecule has 0 saturated heterocycles. The van der Waals surface area contributed by atoms with Gasteiger partial charge in [0.05, 0.1) is 0 Å². The Morgan fingerprint density at radius 1 is 1.22 bits per heavy atom. The van der Waals surface area contributed by atoms with Gasteiger partial charge in [-0.15, -0.1) is 0 Å². The van der Waals surface area contributed by atoms with Crippen LogP contribution in [-0.2, 0) is 4.79 Å². The highest BCUT2D eigenvalue weighted by atomic mass is 16.2. The minimum Gasteiger partial charge on any atom is -0.312 e. The monoisotopic (exact) mass is 311 g/mol. The molecule has 1 amide bonds. The Bertz CT molecular complexity index is 535. The zero-order chi connectivity index (χ0) is 16.7. The maximum absolute atomic E-state index is 11.6. The van der Waals surface area contributed by atoms with Gasteiger partial charge < -0.3 is 4.90 Å². The fourth-order valence-electron chi connectivity index (χ4n) is 3.52. The van der Waals surface area contributed by atoms with Crippen LogP contribution in [0.1, 0.15) is 56.9 Å². The fraction of sp³-hybridized carbons (Fsp3) is 0.476. The van der Waals surface area contributed by atoms with Crippen LogP contribution in [0.4, 0.5) is 5.69 Å². The number of likely N-dealkylation sites (N-methyl/N-ethyl adjacent to an activating group) is 1. The topological polar surface area (TPSA) is 20.3 Å². The molecule has 1 saturated carbocycles. The van der Waals surface area contributed by atoms with Gasteiger partial charge in [0.2, 0.25) is 5.91 Å². The molecule has 124 valence electrons. The van der Waals surface area contributed by atoms with Gasteiger partial charge in [-0.05, 0) is 81.1 Å². The van der Waals surface area contributed by atoms with Gasteiger partial charge in [-0.1, -0.05) is 30.9 Å². The van der Waals surface area contributed by atoms with Crippen molar-refractivity contribution >= 4 is 11.6 Å². The van der Waals surface area contributed by atoms with E-state index in [0.29, 0.717) is 5.92 Å². The molecule has 2 rings (SSSR count). The predicted octanol–water partition coefficient (Wildman–Crippen LogP) is 5.47. The largest absolute Gasteiger partial charge is 0.312 e. The normalized spacial score (nSPS) is 21.3. The second-order valence-electron chi connectivity index (χ2n) is 6.56. The third kappa shape index (κ3) is 4.82. The SMILES string of the molecule is C=CC(=O)N(C)c1ccc(C2CCC(CC/C=C/C)CC2)cc1. The smallest absolute Gasteiger partial charge is 0.250 e. The lowest BCUT2D eigenvalue weighted by atomic mass is 9.77. The van der Waals surface area contributed by atoms with Crippen LogP contribution in [0.5, 0.6) is 0 Å². The third-order valence-corrected chi connectivity index (χ3v) is 5.08. The molecule has 1 aromatic rings. The Hall–Kier alpha value is -1.83. The van der Waals surface area contributed by atoms with E-state index in [0.717, 1.165) is 11.6 Å². The van der Waals surface area contributed by atoms with Gasteiger partial charge >= 0.3 is 0 Å². The molecule has 1 aromatic carbocycles. The Labute approximate surface area is 140 Å². The summed E-state index contributed by atoms with van der Waals surface area (Å²) in [7, 11) is 1.79. The minimum atomic E-state index is -0.0700. The van der Waals surface area contributed by atoms with E-state index in [1.165, 1.54) is 50.2 Å². The minimum absolute atomic E-state index is 0.0700. The zero-order valence-electron chi connectivity index (χ0n) is 14.5. The summed E-state index contributed by atoms with van der Waals surface area (Å²) in [6.07, 6.45) is 13.6. The van der Waals surface area contributed by atoms with Crippen LogP contribution in [0.3, 0.4) is 0 Å². The summed E-state index contributed by atoms with van der Waals surface area (Å²) >= 11 is 0. The van der Waals surface area contributed by atoms with E-state index >= 15 is 0 Å². The molecule has 1 fully saturated rings. The highest BCUT2D eigenvalue weighted by Gasteiger charge is 2.22. The van der Waals surface area contributed by atoms with Gasteiger partial charge in [0.15, 0.2) is 0 Å². The van der Waals surface area contributed by atoms with Gasteiger partial charge in [-0.2, -0.15) is 0 Å². The van der Waals surface area contributed by atoms with E-state index in [9.17, 15) is 4.79 Å². The second-order valence-corrected chi connectivity index (χ2v) is 6.56. The van der Waals surface area contributed by atoms with Crippen LogP contribution in [0.25, 0.3) is 0 Å². The summed E-state index contributed by atoms with van der Waals surface area (Å²) in [6.45, 7) is 5.63.